The molecule has 1 saturated carbocycles. The van der Waals surface area contributed by atoms with Crippen molar-refractivity contribution in [1.29, 1.82) is 0 Å². The molecule has 4 rings (SSSR count). The van der Waals surface area contributed by atoms with Crippen LogP contribution in [-0.2, 0) is 11.3 Å². The lowest BCUT2D eigenvalue weighted by molar-refractivity contribution is 0.0241. The molecule has 6 nitrogen and oxygen atoms in total. The van der Waals surface area contributed by atoms with E-state index in [-0.39, 0.29) is 13.2 Å². The van der Waals surface area contributed by atoms with Crippen LogP contribution in [0.15, 0.2) is 54.6 Å². The molecular weight excluding hydrogens is 414 g/mol. The number of benzene rings is 2. The molecular formula is C27H31N3O3. The van der Waals surface area contributed by atoms with Crippen LogP contribution in [0, 0.1) is 26.2 Å². The molecule has 0 spiro atoms. The van der Waals surface area contributed by atoms with Gasteiger partial charge in [0.1, 0.15) is 12.4 Å². The minimum absolute atomic E-state index is 0.206. The first-order valence-electron chi connectivity index (χ1n) is 11.4. The zero-order chi connectivity index (χ0) is 23.2. The summed E-state index contributed by atoms with van der Waals surface area (Å²) in [5, 5.41) is 15.3. The number of aromatic nitrogens is 2. The van der Waals surface area contributed by atoms with E-state index in [9.17, 15) is 5.11 Å². The highest BCUT2D eigenvalue weighted by Crippen LogP contribution is 2.35. The van der Waals surface area contributed by atoms with Crippen molar-refractivity contribution in [2.24, 2.45) is 0 Å². The van der Waals surface area contributed by atoms with Gasteiger partial charge in [0.25, 0.3) is 0 Å². The Hall–Kier alpha value is -3.11. The van der Waals surface area contributed by atoms with Crippen LogP contribution in [0.1, 0.15) is 29.7 Å². The molecule has 0 bridgehead atoms. The van der Waals surface area contributed by atoms with Gasteiger partial charge in [-0.1, -0.05) is 36.3 Å². The molecule has 1 heterocycles. The van der Waals surface area contributed by atoms with Crippen molar-refractivity contribution in [3.8, 4) is 29.7 Å². The van der Waals surface area contributed by atoms with Crippen LogP contribution in [0.2, 0.25) is 0 Å². The fourth-order valence-electron chi connectivity index (χ4n) is 3.92. The van der Waals surface area contributed by atoms with Crippen molar-refractivity contribution in [2.75, 3.05) is 19.8 Å². The fraction of sp³-hybridized carbons (Fsp3) is 0.370. The average molecular weight is 446 g/mol. The van der Waals surface area contributed by atoms with Crippen LogP contribution in [0.3, 0.4) is 0 Å². The molecule has 1 atom stereocenters. The number of aliphatic hydroxyl groups excluding tert-OH is 1. The number of nitrogens with zero attached hydrogens (tertiary/aromatic N) is 3. The molecule has 6 heteroatoms. The lowest BCUT2D eigenvalue weighted by atomic mass is 10.2. The largest absolute Gasteiger partial charge is 0.439 e. The van der Waals surface area contributed by atoms with E-state index < -0.39 is 6.10 Å². The van der Waals surface area contributed by atoms with Gasteiger partial charge in [0.2, 0.25) is 5.88 Å². The summed E-state index contributed by atoms with van der Waals surface area (Å²) >= 11 is 0. The van der Waals surface area contributed by atoms with Crippen LogP contribution in [0.4, 0.5) is 0 Å². The van der Waals surface area contributed by atoms with Gasteiger partial charge in [-0.05, 0) is 56.5 Å². The van der Waals surface area contributed by atoms with Gasteiger partial charge in [-0.2, -0.15) is 5.10 Å². The molecule has 1 N–H and O–H groups in total. The van der Waals surface area contributed by atoms with E-state index in [1.807, 2.05) is 73.1 Å². The molecule has 1 aromatic heterocycles. The van der Waals surface area contributed by atoms with E-state index in [4.69, 9.17) is 21.0 Å². The maximum atomic E-state index is 10.5. The smallest absolute Gasteiger partial charge is 0.227 e. The van der Waals surface area contributed by atoms with Gasteiger partial charge in [-0.3, -0.25) is 4.90 Å². The first-order valence-corrected chi connectivity index (χ1v) is 11.4. The molecule has 1 aliphatic carbocycles. The summed E-state index contributed by atoms with van der Waals surface area (Å²) in [5.41, 5.74) is 4.00. The van der Waals surface area contributed by atoms with Crippen LogP contribution in [0.5, 0.6) is 11.6 Å². The standard InChI is InChI=1S/C27H31N3O3/c1-4-15-32-19-24(31)17-29(22-13-14-22)18-26-21(3)28-30(23-10-6-5-7-11-23)27(26)33-25-12-8-9-20(2)16-25/h1,5-12,16,22,24,31H,13-15,17-19H2,2-3H3/t24-/m1/s1. The normalized spacial score (nSPS) is 14.3. The molecule has 2 aromatic carbocycles. The second kappa shape index (κ2) is 10.7. The highest BCUT2D eigenvalue weighted by molar-refractivity contribution is 5.43. The first-order chi connectivity index (χ1) is 16.0. The van der Waals surface area contributed by atoms with Gasteiger partial charge in [-0.25, -0.2) is 4.68 Å². The molecule has 1 aliphatic rings. The van der Waals surface area contributed by atoms with Crippen molar-refractivity contribution in [3.05, 3.63) is 71.4 Å². The summed E-state index contributed by atoms with van der Waals surface area (Å²) < 4.78 is 13.7. The van der Waals surface area contributed by atoms with Crippen molar-refractivity contribution in [1.82, 2.24) is 14.7 Å². The third-order valence-corrected chi connectivity index (χ3v) is 5.71. The molecule has 33 heavy (non-hydrogen) atoms. The third kappa shape index (κ3) is 6.02. The number of para-hydroxylation sites is 1. The third-order valence-electron chi connectivity index (χ3n) is 5.71. The zero-order valence-corrected chi connectivity index (χ0v) is 19.3. The predicted octanol–water partition coefficient (Wildman–Crippen LogP) is 4.26. The van der Waals surface area contributed by atoms with Gasteiger partial charge in [0.15, 0.2) is 0 Å². The van der Waals surface area contributed by atoms with Gasteiger partial charge in [-0.15, -0.1) is 6.42 Å². The van der Waals surface area contributed by atoms with E-state index >= 15 is 0 Å². The lowest BCUT2D eigenvalue weighted by Crippen LogP contribution is -2.36. The van der Waals surface area contributed by atoms with Gasteiger partial charge < -0.3 is 14.6 Å². The van der Waals surface area contributed by atoms with Crippen molar-refractivity contribution >= 4 is 0 Å². The Morgan fingerprint density at radius 2 is 1.97 bits per heavy atom. The SMILES string of the molecule is C#CCOC[C@H](O)CN(Cc1c(C)nn(-c2ccccc2)c1Oc1cccc(C)c1)C1CC1. The summed E-state index contributed by atoms with van der Waals surface area (Å²) in [5.74, 6) is 3.91. The van der Waals surface area contributed by atoms with Gasteiger partial charge >= 0.3 is 0 Å². The Kier molecular flexibility index (Phi) is 7.46. The highest BCUT2D eigenvalue weighted by Gasteiger charge is 2.32. The van der Waals surface area contributed by atoms with Crippen LogP contribution in [-0.4, -0.2) is 51.7 Å². The number of ether oxygens (including phenoxy) is 2. The monoisotopic (exact) mass is 445 g/mol. The summed E-state index contributed by atoms with van der Waals surface area (Å²) in [6, 6.07) is 18.5. The Morgan fingerprint density at radius 1 is 1.18 bits per heavy atom. The number of rotatable bonds is 11. The lowest BCUT2D eigenvalue weighted by Gasteiger charge is -2.25. The second-order valence-corrected chi connectivity index (χ2v) is 8.57. The topological polar surface area (TPSA) is 59.8 Å². The Balaban J connectivity index is 1.63. The second-order valence-electron chi connectivity index (χ2n) is 8.57. The Morgan fingerprint density at radius 3 is 2.67 bits per heavy atom. The van der Waals surface area contributed by atoms with Crippen molar-refractivity contribution < 1.29 is 14.6 Å². The zero-order valence-electron chi connectivity index (χ0n) is 19.3. The molecule has 0 aliphatic heterocycles. The Bertz CT molecular complexity index is 1100. The predicted molar refractivity (Wildman–Crippen MR) is 129 cm³/mol. The maximum Gasteiger partial charge on any atom is 0.227 e. The number of aliphatic hydroxyl groups is 1. The average Bonchev–Trinajstić information content (AvgIpc) is 3.61. The van der Waals surface area contributed by atoms with E-state index in [1.165, 1.54) is 0 Å². The molecule has 1 fully saturated rings. The molecule has 172 valence electrons. The van der Waals surface area contributed by atoms with Gasteiger partial charge in [0.05, 0.1) is 29.7 Å². The van der Waals surface area contributed by atoms with Crippen LogP contribution < -0.4 is 4.74 Å². The minimum atomic E-state index is -0.607. The molecule has 0 amide bonds. The number of hydrogen-bond acceptors (Lipinski definition) is 5. The van der Waals surface area contributed by atoms with Crippen molar-refractivity contribution in [3.63, 3.8) is 0 Å². The van der Waals surface area contributed by atoms with E-state index in [2.05, 4.69) is 10.8 Å². The van der Waals surface area contributed by atoms with E-state index in [1.54, 1.807) is 0 Å². The summed E-state index contributed by atoms with van der Waals surface area (Å²) in [6.07, 6.45) is 6.88. The number of terminal acetylenes is 1. The van der Waals surface area contributed by atoms with Crippen molar-refractivity contribution in [2.45, 2.75) is 45.4 Å². The van der Waals surface area contributed by atoms with Gasteiger partial charge in [0, 0.05) is 19.1 Å². The Labute approximate surface area is 195 Å². The summed E-state index contributed by atoms with van der Waals surface area (Å²) in [7, 11) is 0. The highest BCUT2D eigenvalue weighted by atomic mass is 16.5. The van der Waals surface area contributed by atoms with E-state index in [0.717, 1.165) is 41.1 Å². The maximum absolute atomic E-state index is 10.5. The molecule has 0 saturated heterocycles. The molecule has 0 unspecified atom stereocenters. The molecule has 3 aromatic rings. The molecule has 0 radical (unpaired) electrons. The summed E-state index contributed by atoms with van der Waals surface area (Å²) in [4.78, 5) is 2.30. The quantitative estimate of drug-likeness (QED) is 0.353. The number of aryl methyl sites for hydroxylation is 2. The fourth-order valence-corrected chi connectivity index (χ4v) is 3.92. The van der Waals surface area contributed by atoms with E-state index in [0.29, 0.717) is 25.0 Å². The van der Waals surface area contributed by atoms with Crippen LogP contribution >= 0.6 is 0 Å². The van der Waals surface area contributed by atoms with Crippen LogP contribution in [0.25, 0.3) is 5.69 Å². The summed E-state index contributed by atoms with van der Waals surface area (Å²) in [6.45, 7) is 5.63. The first kappa shape index (κ1) is 23.1. The number of hydrogen-bond donors (Lipinski definition) is 1. The minimum Gasteiger partial charge on any atom is -0.439 e.